The average molecular weight is 266 g/mol. The first-order valence-corrected chi connectivity index (χ1v) is 6.89. The number of nitrogens with zero attached hydrogens (tertiary/aromatic N) is 1. The number of rotatable bonds is 5. The van der Waals surface area contributed by atoms with Gasteiger partial charge in [-0.2, -0.15) is 0 Å². The highest BCUT2D eigenvalue weighted by molar-refractivity contribution is 7.89. The number of imidazole rings is 1. The number of aromatic nitrogens is 2. The van der Waals surface area contributed by atoms with Gasteiger partial charge in [0.15, 0.2) is 0 Å². The normalized spacial score (nSPS) is 11.6. The van der Waals surface area contributed by atoms with Gasteiger partial charge in [0.05, 0.1) is 12.0 Å². The van der Waals surface area contributed by atoms with Gasteiger partial charge < -0.3 is 10.7 Å². The maximum atomic E-state index is 12.0. The van der Waals surface area contributed by atoms with E-state index in [4.69, 9.17) is 5.73 Å². The molecule has 0 saturated carbocycles. The van der Waals surface area contributed by atoms with Crippen LogP contribution in [0.3, 0.4) is 0 Å². The number of nitrogen functional groups attached to an aromatic ring is 1. The van der Waals surface area contributed by atoms with Crippen LogP contribution in [0.1, 0.15) is 5.69 Å². The lowest BCUT2D eigenvalue weighted by Crippen LogP contribution is -2.26. The van der Waals surface area contributed by atoms with E-state index >= 15 is 0 Å². The molecule has 0 radical (unpaired) electrons. The number of hydrogen-bond donors (Lipinski definition) is 3. The second-order valence-electron chi connectivity index (χ2n) is 3.76. The Bertz CT molecular complexity index is 608. The van der Waals surface area contributed by atoms with E-state index in [0.717, 1.165) is 5.69 Å². The third kappa shape index (κ3) is 2.88. The predicted molar refractivity (Wildman–Crippen MR) is 68.3 cm³/mol. The number of aromatic amines is 1. The molecule has 96 valence electrons. The molecule has 7 heteroatoms. The summed E-state index contributed by atoms with van der Waals surface area (Å²) in [6.45, 7) is 0.291. The van der Waals surface area contributed by atoms with Crippen molar-refractivity contribution in [3.8, 4) is 0 Å². The Morgan fingerprint density at radius 3 is 2.78 bits per heavy atom. The maximum absolute atomic E-state index is 12.0. The van der Waals surface area contributed by atoms with E-state index < -0.39 is 10.0 Å². The minimum Gasteiger partial charge on any atom is -0.398 e. The highest BCUT2D eigenvalue weighted by atomic mass is 32.2. The van der Waals surface area contributed by atoms with Gasteiger partial charge in [-0.05, 0) is 12.1 Å². The molecular weight excluding hydrogens is 252 g/mol. The first-order valence-electron chi connectivity index (χ1n) is 5.41. The molecule has 0 fully saturated rings. The highest BCUT2D eigenvalue weighted by Crippen LogP contribution is 2.16. The van der Waals surface area contributed by atoms with Crippen molar-refractivity contribution in [3.05, 3.63) is 42.5 Å². The molecule has 0 unspecified atom stereocenters. The van der Waals surface area contributed by atoms with Gasteiger partial charge in [0.2, 0.25) is 10.0 Å². The molecule has 4 N–H and O–H groups in total. The molecular formula is C11H14N4O2S. The van der Waals surface area contributed by atoms with Crippen LogP contribution in [0.2, 0.25) is 0 Å². The first-order chi connectivity index (χ1) is 8.59. The van der Waals surface area contributed by atoms with Crippen molar-refractivity contribution in [1.29, 1.82) is 0 Å². The molecule has 0 amide bonds. The summed E-state index contributed by atoms with van der Waals surface area (Å²) in [5.74, 6) is 0. The van der Waals surface area contributed by atoms with Gasteiger partial charge in [0.25, 0.3) is 0 Å². The Balaban J connectivity index is 2.02. The van der Waals surface area contributed by atoms with Gasteiger partial charge in [0.1, 0.15) is 4.90 Å². The van der Waals surface area contributed by atoms with Crippen LogP contribution in [0.5, 0.6) is 0 Å². The topological polar surface area (TPSA) is 101 Å². The molecule has 0 atom stereocenters. The van der Waals surface area contributed by atoms with E-state index in [1.807, 2.05) is 0 Å². The molecule has 0 aliphatic rings. The SMILES string of the molecule is Nc1ccccc1S(=O)(=O)NCCc1cnc[nH]1. The molecule has 1 aromatic carbocycles. The largest absolute Gasteiger partial charge is 0.398 e. The molecule has 0 saturated heterocycles. The number of H-pyrrole nitrogens is 1. The molecule has 18 heavy (non-hydrogen) atoms. The summed E-state index contributed by atoms with van der Waals surface area (Å²) in [5, 5.41) is 0. The Labute approximate surface area is 105 Å². The third-order valence-corrected chi connectivity index (χ3v) is 3.98. The van der Waals surface area contributed by atoms with Gasteiger partial charge >= 0.3 is 0 Å². The predicted octanol–water partition coefficient (Wildman–Crippen LogP) is 0.513. The maximum Gasteiger partial charge on any atom is 0.242 e. The van der Waals surface area contributed by atoms with Crippen molar-refractivity contribution in [3.63, 3.8) is 0 Å². The van der Waals surface area contributed by atoms with Gasteiger partial charge in [-0.15, -0.1) is 0 Å². The third-order valence-electron chi connectivity index (χ3n) is 2.45. The number of nitrogens with one attached hydrogen (secondary N) is 2. The second-order valence-corrected chi connectivity index (χ2v) is 5.50. The number of hydrogen-bond acceptors (Lipinski definition) is 4. The number of anilines is 1. The molecule has 1 aromatic heterocycles. The molecule has 6 nitrogen and oxygen atoms in total. The number of para-hydroxylation sites is 1. The van der Waals surface area contributed by atoms with Crippen molar-refractivity contribution in [2.45, 2.75) is 11.3 Å². The Kier molecular flexibility index (Phi) is 3.63. The smallest absolute Gasteiger partial charge is 0.242 e. The van der Waals surface area contributed by atoms with E-state index in [0.29, 0.717) is 13.0 Å². The van der Waals surface area contributed by atoms with Crippen molar-refractivity contribution in [2.75, 3.05) is 12.3 Å². The lowest BCUT2D eigenvalue weighted by Gasteiger charge is -2.08. The fourth-order valence-electron chi connectivity index (χ4n) is 1.54. The van der Waals surface area contributed by atoms with Crippen molar-refractivity contribution >= 4 is 15.7 Å². The molecule has 0 aliphatic heterocycles. The monoisotopic (exact) mass is 266 g/mol. The lowest BCUT2D eigenvalue weighted by atomic mass is 10.3. The van der Waals surface area contributed by atoms with Crippen LogP contribution in [-0.2, 0) is 16.4 Å². The molecule has 2 rings (SSSR count). The van der Waals surface area contributed by atoms with Gasteiger partial charge in [-0.1, -0.05) is 12.1 Å². The Morgan fingerprint density at radius 1 is 1.33 bits per heavy atom. The highest BCUT2D eigenvalue weighted by Gasteiger charge is 2.15. The average Bonchev–Trinajstić information content (AvgIpc) is 2.82. The van der Waals surface area contributed by atoms with E-state index in [-0.39, 0.29) is 10.6 Å². The first kappa shape index (κ1) is 12.6. The molecule has 0 bridgehead atoms. The van der Waals surface area contributed by atoms with Gasteiger partial charge in [-0.25, -0.2) is 18.1 Å². The van der Waals surface area contributed by atoms with E-state index in [2.05, 4.69) is 14.7 Å². The Hall–Kier alpha value is -1.86. The fraction of sp³-hybridized carbons (Fsp3) is 0.182. The van der Waals surface area contributed by atoms with Crippen LogP contribution in [0.15, 0.2) is 41.7 Å². The molecule has 0 spiro atoms. The number of sulfonamides is 1. The van der Waals surface area contributed by atoms with Crippen LogP contribution >= 0.6 is 0 Å². The van der Waals surface area contributed by atoms with Gasteiger partial charge in [0, 0.05) is 24.9 Å². The lowest BCUT2D eigenvalue weighted by molar-refractivity contribution is 0.582. The summed E-state index contributed by atoms with van der Waals surface area (Å²) in [5.41, 5.74) is 6.75. The van der Waals surface area contributed by atoms with Crippen molar-refractivity contribution in [2.24, 2.45) is 0 Å². The zero-order valence-electron chi connectivity index (χ0n) is 9.63. The van der Waals surface area contributed by atoms with Crippen LogP contribution in [-0.4, -0.2) is 24.9 Å². The van der Waals surface area contributed by atoms with Crippen LogP contribution in [0.4, 0.5) is 5.69 Å². The van der Waals surface area contributed by atoms with Crippen LogP contribution in [0, 0.1) is 0 Å². The summed E-state index contributed by atoms with van der Waals surface area (Å²) in [6, 6.07) is 6.37. The number of nitrogens with two attached hydrogens (primary N) is 1. The summed E-state index contributed by atoms with van der Waals surface area (Å²) < 4.78 is 26.4. The quantitative estimate of drug-likeness (QED) is 0.686. The zero-order chi connectivity index (χ0) is 13.0. The standard InChI is InChI=1S/C11H14N4O2S/c12-10-3-1-2-4-11(10)18(16,17)15-6-5-9-7-13-8-14-9/h1-4,7-8,15H,5-6,12H2,(H,13,14). The van der Waals surface area contributed by atoms with Gasteiger partial charge in [-0.3, -0.25) is 0 Å². The van der Waals surface area contributed by atoms with E-state index in [1.165, 1.54) is 6.07 Å². The number of benzene rings is 1. The molecule has 2 aromatic rings. The Morgan fingerprint density at radius 2 is 2.11 bits per heavy atom. The minimum absolute atomic E-state index is 0.106. The second kappa shape index (κ2) is 5.19. The summed E-state index contributed by atoms with van der Waals surface area (Å²) in [7, 11) is -3.55. The minimum atomic E-state index is -3.55. The van der Waals surface area contributed by atoms with Crippen molar-refractivity contribution in [1.82, 2.24) is 14.7 Å². The van der Waals surface area contributed by atoms with E-state index in [9.17, 15) is 8.42 Å². The van der Waals surface area contributed by atoms with Crippen molar-refractivity contribution < 1.29 is 8.42 Å². The zero-order valence-corrected chi connectivity index (χ0v) is 10.4. The molecule has 0 aliphatic carbocycles. The molecule has 1 heterocycles. The summed E-state index contributed by atoms with van der Waals surface area (Å²) in [4.78, 5) is 6.87. The van der Waals surface area contributed by atoms with Crippen LogP contribution < -0.4 is 10.5 Å². The van der Waals surface area contributed by atoms with Crippen LogP contribution in [0.25, 0.3) is 0 Å². The summed E-state index contributed by atoms with van der Waals surface area (Å²) in [6.07, 6.45) is 3.76. The van der Waals surface area contributed by atoms with E-state index in [1.54, 1.807) is 30.7 Å². The fourth-order valence-corrected chi connectivity index (χ4v) is 2.71. The summed E-state index contributed by atoms with van der Waals surface area (Å²) >= 11 is 0.